The van der Waals surface area contributed by atoms with Crippen LogP contribution >= 0.6 is 22.9 Å². The Morgan fingerprint density at radius 3 is 2.58 bits per heavy atom. The second-order valence-corrected chi connectivity index (χ2v) is 8.13. The normalized spacial score (nSPS) is 11.6. The molecule has 0 aliphatic carbocycles. The summed E-state index contributed by atoms with van der Waals surface area (Å²) in [6.45, 7) is 0. The molecular formula is C15H11ClN2O4S2. The molecule has 0 amide bonds. The molecule has 2 aromatic carbocycles. The summed E-state index contributed by atoms with van der Waals surface area (Å²) >= 11 is 6.75. The lowest BCUT2D eigenvalue weighted by molar-refractivity contribution is -0.133. The van der Waals surface area contributed by atoms with Crippen molar-refractivity contribution in [2.75, 3.05) is 0 Å². The zero-order valence-corrected chi connectivity index (χ0v) is 14.5. The van der Waals surface area contributed by atoms with Crippen LogP contribution in [0.1, 0.15) is 5.56 Å². The maximum Gasteiger partial charge on any atom is 0.315 e. The Morgan fingerprint density at radius 1 is 1.21 bits per heavy atom. The number of halogens is 1. The van der Waals surface area contributed by atoms with Crippen molar-refractivity contribution in [1.29, 1.82) is 0 Å². The van der Waals surface area contributed by atoms with Crippen LogP contribution in [-0.2, 0) is 21.2 Å². The van der Waals surface area contributed by atoms with Gasteiger partial charge in [0.05, 0.1) is 16.6 Å². The third kappa shape index (κ3) is 3.90. The Labute approximate surface area is 146 Å². The van der Waals surface area contributed by atoms with Crippen LogP contribution in [0, 0.1) is 0 Å². The van der Waals surface area contributed by atoms with Crippen molar-refractivity contribution in [1.82, 2.24) is 4.98 Å². The van der Waals surface area contributed by atoms with Crippen LogP contribution in [0.4, 0.5) is 0 Å². The number of hydrogen-bond donors (Lipinski definition) is 1. The molecule has 9 heteroatoms. The van der Waals surface area contributed by atoms with E-state index in [9.17, 15) is 13.2 Å². The largest absolute Gasteiger partial charge is 0.426 e. The summed E-state index contributed by atoms with van der Waals surface area (Å²) in [4.78, 5) is 15.9. The summed E-state index contributed by atoms with van der Waals surface area (Å²) in [6.07, 6.45) is 0.0920. The second-order valence-electron chi connectivity index (χ2n) is 4.93. The Bertz CT molecular complexity index is 1010. The van der Waals surface area contributed by atoms with E-state index in [1.54, 1.807) is 36.4 Å². The van der Waals surface area contributed by atoms with Crippen LogP contribution in [0.15, 0.2) is 46.8 Å². The predicted octanol–water partition coefficient (Wildman–Crippen LogP) is 2.75. The molecule has 0 fully saturated rings. The van der Waals surface area contributed by atoms with Crippen molar-refractivity contribution in [3.63, 3.8) is 0 Å². The summed E-state index contributed by atoms with van der Waals surface area (Å²) in [5.74, 6) is -0.161. The van der Waals surface area contributed by atoms with Gasteiger partial charge in [-0.3, -0.25) is 4.79 Å². The van der Waals surface area contributed by atoms with Gasteiger partial charge in [0, 0.05) is 11.1 Å². The molecular weight excluding hydrogens is 372 g/mol. The predicted molar refractivity (Wildman–Crippen MR) is 91.8 cm³/mol. The van der Waals surface area contributed by atoms with Crippen LogP contribution < -0.4 is 9.88 Å². The summed E-state index contributed by atoms with van der Waals surface area (Å²) in [5.41, 5.74) is 1.18. The summed E-state index contributed by atoms with van der Waals surface area (Å²) in [5, 5.41) is 5.65. The SMILES string of the molecule is NS(=O)(=O)c1nc2cc(OC(=O)Cc3ccc(Cl)cc3)ccc2s1. The molecule has 2 N–H and O–H groups in total. The third-order valence-electron chi connectivity index (χ3n) is 3.08. The summed E-state index contributed by atoms with van der Waals surface area (Å²) in [7, 11) is -3.86. The van der Waals surface area contributed by atoms with Gasteiger partial charge in [0.2, 0.25) is 4.34 Å². The van der Waals surface area contributed by atoms with Crippen LogP contribution in [0.3, 0.4) is 0 Å². The number of thiazole rings is 1. The number of carbonyl (C=O) groups is 1. The number of nitrogens with zero attached hydrogens (tertiary/aromatic N) is 1. The van der Waals surface area contributed by atoms with Gasteiger partial charge in [-0.05, 0) is 29.8 Å². The fourth-order valence-corrected chi connectivity index (χ4v) is 3.77. The zero-order valence-electron chi connectivity index (χ0n) is 12.1. The molecule has 0 saturated heterocycles. The number of esters is 1. The first-order valence-electron chi connectivity index (χ1n) is 6.70. The van der Waals surface area contributed by atoms with Gasteiger partial charge in [0.1, 0.15) is 5.75 Å². The molecule has 24 heavy (non-hydrogen) atoms. The van der Waals surface area contributed by atoms with Crippen molar-refractivity contribution in [2.45, 2.75) is 10.8 Å². The van der Waals surface area contributed by atoms with Gasteiger partial charge in [0.25, 0.3) is 10.0 Å². The number of nitrogens with two attached hydrogens (primary N) is 1. The van der Waals surface area contributed by atoms with Crippen LogP contribution in [0.5, 0.6) is 5.75 Å². The van der Waals surface area contributed by atoms with Crippen molar-refractivity contribution >= 4 is 49.1 Å². The van der Waals surface area contributed by atoms with E-state index in [0.29, 0.717) is 15.2 Å². The molecule has 0 radical (unpaired) electrons. The van der Waals surface area contributed by atoms with Crippen LogP contribution in [0.2, 0.25) is 5.02 Å². The highest BCUT2D eigenvalue weighted by atomic mass is 35.5. The lowest BCUT2D eigenvalue weighted by Gasteiger charge is -2.04. The number of hydrogen-bond acceptors (Lipinski definition) is 6. The van der Waals surface area contributed by atoms with E-state index < -0.39 is 16.0 Å². The number of rotatable bonds is 4. The number of ether oxygens (including phenoxy) is 1. The molecule has 0 atom stereocenters. The van der Waals surface area contributed by atoms with Gasteiger partial charge in [0.15, 0.2) is 0 Å². The lowest BCUT2D eigenvalue weighted by Crippen LogP contribution is -2.11. The number of carbonyl (C=O) groups excluding carboxylic acids is 1. The Kier molecular flexibility index (Phi) is 4.55. The highest BCUT2D eigenvalue weighted by Gasteiger charge is 2.15. The molecule has 0 aliphatic heterocycles. The second kappa shape index (κ2) is 6.48. The molecule has 0 saturated carbocycles. The molecule has 0 aliphatic rings. The Balaban J connectivity index is 1.77. The first kappa shape index (κ1) is 16.8. The highest BCUT2D eigenvalue weighted by molar-refractivity contribution is 7.91. The Hall–Kier alpha value is -2.00. The average molecular weight is 383 g/mol. The van der Waals surface area contributed by atoms with E-state index in [4.69, 9.17) is 21.5 Å². The molecule has 6 nitrogen and oxygen atoms in total. The maximum absolute atomic E-state index is 12.0. The van der Waals surface area contributed by atoms with Crippen LogP contribution in [-0.4, -0.2) is 19.4 Å². The van der Waals surface area contributed by atoms with Gasteiger partial charge in [-0.1, -0.05) is 23.7 Å². The van der Waals surface area contributed by atoms with E-state index >= 15 is 0 Å². The summed E-state index contributed by atoms with van der Waals surface area (Å²) < 4.78 is 28.4. The maximum atomic E-state index is 12.0. The monoisotopic (exact) mass is 382 g/mol. The van der Waals surface area contributed by atoms with Gasteiger partial charge >= 0.3 is 5.97 Å². The standard InChI is InChI=1S/C15H11ClN2O4S2/c16-10-3-1-9(2-4-10)7-14(19)22-11-5-6-13-12(8-11)18-15(23-13)24(17,20)21/h1-6,8H,7H2,(H2,17,20,21). The first-order valence-corrected chi connectivity index (χ1v) is 9.44. The highest BCUT2D eigenvalue weighted by Crippen LogP contribution is 2.28. The van der Waals surface area contributed by atoms with Crippen LogP contribution in [0.25, 0.3) is 10.2 Å². The quantitative estimate of drug-likeness (QED) is 0.552. The first-order chi connectivity index (χ1) is 11.3. The lowest BCUT2D eigenvalue weighted by atomic mass is 10.1. The number of sulfonamides is 1. The minimum Gasteiger partial charge on any atom is -0.426 e. The fourth-order valence-electron chi connectivity index (χ4n) is 2.01. The van der Waals surface area contributed by atoms with Gasteiger partial charge in [-0.15, -0.1) is 11.3 Å². The molecule has 0 bridgehead atoms. The van der Waals surface area contributed by atoms with Crippen molar-refractivity contribution in [2.24, 2.45) is 5.14 Å². The molecule has 124 valence electrons. The molecule has 1 heterocycles. The molecule has 3 rings (SSSR count). The van der Waals surface area contributed by atoms with Crippen molar-refractivity contribution in [3.05, 3.63) is 53.1 Å². The zero-order chi connectivity index (χ0) is 17.3. The smallest absolute Gasteiger partial charge is 0.315 e. The van der Waals surface area contributed by atoms with E-state index in [1.807, 2.05) is 0 Å². The average Bonchev–Trinajstić information content (AvgIpc) is 2.93. The Morgan fingerprint density at radius 2 is 1.92 bits per heavy atom. The van der Waals surface area contributed by atoms with Gasteiger partial charge in [-0.2, -0.15) is 0 Å². The number of benzene rings is 2. The summed E-state index contributed by atoms with van der Waals surface area (Å²) in [6, 6.07) is 11.6. The van der Waals surface area contributed by atoms with Crippen molar-refractivity contribution < 1.29 is 17.9 Å². The van der Waals surface area contributed by atoms with E-state index in [0.717, 1.165) is 16.9 Å². The topological polar surface area (TPSA) is 99.4 Å². The van der Waals surface area contributed by atoms with E-state index in [-0.39, 0.29) is 16.5 Å². The minimum atomic E-state index is -3.86. The number of primary sulfonamides is 1. The van der Waals surface area contributed by atoms with Crippen molar-refractivity contribution in [3.8, 4) is 5.75 Å². The third-order valence-corrected chi connectivity index (χ3v) is 5.68. The molecule has 0 unspecified atom stereocenters. The minimum absolute atomic E-state index is 0.0920. The van der Waals surface area contributed by atoms with Gasteiger partial charge < -0.3 is 4.74 Å². The molecule has 3 aromatic rings. The number of fused-ring (bicyclic) bond motifs is 1. The molecule has 1 aromatic heterocycles. The molecule has 0 spiro atoms. The van der Waals surface area contributed by atoms with E-state index in [1.165, 1.54) is 6.07 Å². The number of aromatic nitrogens is 1. The van der Waals surface area contributed by atoms with Gasteiger partial charge in [-0.25, -0.2) is 18.5 Å². The fraction of sp³-hybridized carbons (Fsp3) is 0.0667. The van der Waals surface area contributed by atoms with E-state index in [2.05, 4.69) is 4.98 Å².